The molecule has 1 atom stereocenters. The van der Waals surface area contributed by atoms with Gasteiger partial charge in [-0.2, -0.15) is 0 Å². The number of fused-ring (bicyclic) bond motifs is 1. The Hall–Kier alpha value is -0.940. The summed E-state index contributed by atoms with van der Waals surface area (Å²) in [6, 6.07) is 0.130. The molecule has 110 valence electrons. The molecule has 1 unspecified atom stereocenters. The highest BCUT2D eigenvalue weighted by Crippen LogP contribution is 2.28. The number of nitrogens with zero attached hydrogens (tertiary/aromatic N) is 1. The third kappa shape index (κ3) is 2.37. The number of thiophene rings is 1. The molecule has 2 rings (SSSR count). The number of hydrogen-bond donors (Lipinski definition) is 1. The van der Waals surface area contributed by atoms with E-state index in [1.807, 2.05) is 13.8 Å². The summed E-state index contributed by atoms with van der Waals surface area (Å²) >= 11 is 7.04. The van der Waals surface area contributed by atoms with E-state index in [1.165, 1.54) is 4.88 Å². The van der Waals surface area contributed by atoms with Crippen LogP contribution in [-0.2, 0) is 0 Å². The van der Waals surface area contributed by atoms with Crippen molar-refractivity contribution in [2.24, 2.45) is 5.92 Å². The van der Waals surface area contributed by atoms with Crippen LogP contribution in [-0.4, -0.2) is 9.55 Å². The maximum atomic E-state index is 12.8. The van der Waals surface area contributed by atoms with Crippen LogP contribution in [0.3, 0.4) is 0 Å². The van der Waals surface area contributed by atoms with Gasteiger partial charge in [-0.25, -0.2) is 0 Å². The van der Waals surface area contributed by atoms with Crippen molar-refractivity contribution in [3.63, 3.8) is 0 Å². The van der Waals surface area contributed by atoms with Crippen molar-refractivity contribution in [1.82, 2.24) is 9.55 Å². The summed E-state index contributed by atoms with van der Waals surface area (Å²) in [4.78, 5) is 18.2. The molecular weight excluding hydrogens is 288 g/mol. The first kappa shape index (κ1) is 15.4. The zero-order valence-electron chi connectivity index (χ0n) is 12.7. The lowest BCUT2D eigenvalue weighted by Gasteiger charge is -2.23. The Bertz CT molecular complexity index is 735. The molecule has 2 aromatic heterocycles. The van der Waals surface area contributed by atoms with Crippen LogP contribution >= 0.6 is 23.6 Å². The summed E-state index contributed by atoms with van der Waals surface area (Å²) in [6.45, 7) is 10.5. The smallest absolute Gasteiger partial charge is 0.263 e. The summed E-state index contributed by atoms with van der Waals surface area (Å²) < 4.78 is 2.32. The standard InChI is InChI=1S/C15H22N2OS2/c1-6-11(7-2)9(4)17-14(18)12-8(3)10(5)20-13(12)16-15(17)19/h9,11H,6-7H2,1-5H3,(H,16,19). The number of aromatic amines is 1. The monoisotopic (exact) mass is 310 g/mol. The van der Waals surface area contributed by atoms with E-state index in [2.05, 4.69) is 25.8 Å². The zero-order valence-corrected chi connectivity index (χ0v) is 14.4. The number of rotatable bonds is 4. The van der Waals surface area contributed by atoms with E-state index < -0.39 is 0 Å². The van der Waals surface area contributed by atoms with Gasteiger partial charge in [0, 0.05) is 10.9 Å². The van der Waals surface area contributed by atoms with Gasteiger partial charge in [-0.05, 0) is 44.5 Å². The molecule has 0 saturated heterocycles. The first-order chi connectivity index (χ1) is 9.42. The van der Waals surface area contributed by atoms with Crippen LogP contribution in [0.15, 0.2) is 4.79 Å². The molecule has 5 heteroatoms. The molecule has 0 aliphatic rings. The highest BCUT2D eigenvalue weighted by atomic mass is 32.1. The topological polar surface area (TPSA) is 37.8 Å². The van der Waals surface area contributed by atoms with E-state index in [-0.39, 0.29) is 11.6 Å². The van der Waals surface area contributed by atoms with Crippen LogP contribution in [0.1, 0.15) is 50.1 Å². The Morgan fingerprint density at radius 1 is 1.30 bits per heavy atom. The molecule has 0 aliphatic heterocycles. The number of H-pyrrole nitrogens is 1. The molecule has 0 bridgehead atoms. The van der Waals surface area contributed by atoms with E-state index in [9.17, 15) is 4.79 Å². The molecule has 1 N–H and O–H groups in total. The van der Waals surface area contributed by atoms with Gasteiger partial charge < -0.3 is 4.98 Å². The van der Waals surface area contributed by atoms with Crippen LogP contribution in [0.25, 0.3) is 10.2 Å². The minimum Gasteiger partial charge on any atom is -0.323 e. The molecule has 0 aromatic carbocycles. The van der Waals surface area contributed by atoms with Crippen molar-refractivity contribution in [1.29, 1.82) is 0 Å². The number of aryl methyl sites for hydroxylation is 2. The normalized spacial score (nSPS) is 13.3. The molecule has 0 radical (unpaired) electrons. The lowest BCUT2D eigenvalue weighted by atomic mass is 9.95. The van der Waals surface area contributed by atoms with Gasteiger partial charge in [0.2, 0.25) is 0 Å². The summed E-state index contributed by atoms with van der Waals surface area (Å²) in [5.41, 5.74) is 1.14. The Morgan fingerprint density at radius 2 is 1.90 bits per heavy atom. The van der Waals surface area contributed by atoms with Gasteiger partial charge in [0.15, 0.2) is 4.77 Å². The van der Waals surface area contributed by atoms with E-state index in [4.69, 9.17) is 12.2 Å². The fourth-order valence-corrected chi connectivity index (χ4v) is 4.36. The first-order valence-corrected chi connectivity index (χ1v) is 8.39. The third-order valence-electron chi connectivity index (χ3n) is 4.40. The van der Waals surface area contributed by atoms with E-state index >= 15 is 0 Å². The summed E-state index contributed by atoms with van der Waals surface area (Å²) in [5.74, 6) is 0.472. The van der Waals surface area contributed by atoms with Crippen molar-refractivity contribution < 1.29 is 0 Å². The molecular formula is C15H22N2OS2. The van der Waals surface area contributed by atoms with Crippen molar-refractivity contribution >= 4 is 33.8 Å². The maximum absolute atomic E-state index is 12.8. The van der Waals surface area contributed by atoms with Gasteiger partial charge in [0.25, 0.3) is 5.56 Å². The van der Waals surface area contributed by atoms with E-state index in [0.717, 1.165) is 28.6 Å². The van der Waals surface area contributed by atoms with Crippen molar-refractivity contribution in [2.45, 2.75) is 53.5 Å². The van der Waals surface area contributed by atoms with Crippen LogP contribution in [0.4, 0.5) is 0 Å². The summed E-state index contributed by atoms with van der Waals surface area (Å²) in [5, 5.41) is 0.805. The van der Waals surface area contributed by atoms with Gasteiger partial charge in [-0.1, -0.05) is 26.7 Å². The number of nitrogens with one attached hydrogen (secondary N) is 1. The van der Waals surface area contributed by atoms with Crippen molar-refractivity contribution in [2.75, 3.05) is 0 Å². The van der Waals surface area contributed by atoms with E-state index in [1.54, 1.807) is 15.9 Å². The average Bonchev–Trinajstić information content (AvgIpc) is 2.66. The Morgan fingerprint density at radius 3 is 2.45 bits per heavy atom. The number of hydrogen-bond acceptors (Lipinski definition) is 3. The quantitative estimate of drug-likeness (QED) is 0.829. The Kier molecular flexibility index (Phi) is 4.49. The second-order valence-corrected chi connectivity index (χ2v) is 7.02. The van der Waals surface area contributed by atoms with Gasteiger partial charge >= 0.3 is 0 Å². The number of aromatic nitrogens is 2. The maximum Gasteiger partial charge on any atom is 0.263 e. The second kappa shape index (κ2) is 5.82. The van der Waals surface area contributed by atoms with Crippen LogP contribution in [0.5, 0.6) is 0 Å². The molecule has 2 aromatic rings. The van der Waals surface area contributed by atoms with Crippen LogP contribution < -0.4 is 5.56 Å². The van der Waals surface area contributed by atoms with Crippen molar-refractivity contribution in [3.05, 3.63) is 25.6 Å². The largest absolute Gasteiger partial charge is 0.323 e. The predicted octanol–water partition coefficient (Wildman–Crippen LogP) is 4.73. The van der Waals surface area contributed by atoms with Crippen LogP contribution in [0, 0.1) is 24.5 Å². The first-order valence-electron chi connectivity index (χ1n) is 7.16. The van der Waals surface area contributed by atoms with Gasteiger partial charge in [0.1, 0.15) is 4.83 Å². The van der Waals surface area contributed by atoms with Gasteiger partial charge in [0.05, 0.1) is 5.39 Å². The highest BCUT2D eigenvalue weighted by Gasteiger charge is 2.20. The zero-order chi connectivity index (χ0) is 15.0. The summed E-state index contributed by atoms with van der Waals surface area (Å²) in [6.07, 6.45) is 2.11. The molecule has 20 heavy (non-hydrogen) atoms. The second-order valence-electron chi connectivity index (χ2n) is 5.41. The fourth-order valence-electron chi connectivity index (χ4n) is 2.89. The molecule has 0 saturated carbocycles. The average molecular weight is 310 g/mol. The molecule has 0 fully saturated rings. The molecule has 0 amide bonds. The lowest BCUT2D eigenvalue weighted by Crippen LogP contribution is -2.29. The lowest BCUT2D eigenvalue weighted by molar-refractivity contribution is 0.323. The SMILES string of the molecule is CCC(CC)C(C)n1c(=S)[nH]c2sc(C)c(C)c2c1=O. The fraction of sp³-hybridized carbons (Fsp3) is 0.600. The molecule has 2 heterocycles. The van der Waals surface area contributed by atoms with Gasteiger partial charge in [-0.15, -0.1) is 11.3 Å². The Labute approximate surface area is 128 Å². The predicted molar refractivity (Wildman–Crippen MR) is 89.5 cm³/mol. The van der Waals surface area contributed by atoms with E-state index in [0.29, 0.717) is 10.7 Å². The van der Waals surface area contributed by atoms with Crippen molar-refractivity contribution in [3.8, 4) is 0 Å². The third-order valence-corrected chi connectivity index (χ3v) is 5.82. The summed E-state index contributed by atoms with van der Waals surface area (Å²) in [7, 11) is 0. The molecule has 0 aliphatic carbocycles. The highest BCUT2D eigenvalue weighted by molar-refractivity contribution is 7.71. The van der Waals surface area contributed by atoms with Gasteiger partial charge in [-0.3, -0.25) is 9.36 Å². The van der Waals surface area contributed by atoms with Crippen LogP contribution in [0.2, 0.25) is 0 Å². The molecule has 0 spiro atoms. The minimum absolute atomic E-state index is 0.0602. The molecule has 3 nitrogen and oxygen atoms in total. The minimum atomic E-state index is 0.0602. The Balaban J connectivity index is 2.74.